The van der Waals surface area contributed by atoms with Gasteiger partial charge in [0.25, 0.3) is 5.91 Å². The number of amides is 2. The maximum Gasteiger partial charge on any atom is 0.257 e. The second kappa shape index (κ2) is 8.81. The Hall–Kier alpha value is -2.67. The minimum Gasteiger partial charge on any atom is -0.469 e. The molecule has 1 atom stereocenters. The van der Waals surface area contributed by atoms with E-state index in [-0.39, 0.29) is 36.7 Å². The third-order valence-corrected chi connectivity index (χ3v) is 4.56. The van der Waals surface area contributed by atoms with Crippen molar-refractivity contribution < 1.29 is 23.1 Å². The van der Waals surface area contributed by atoms with Gasteiger partial charge in [0.2, 0.25) is 5.91 Å². The molecule has 2 heterocycles. The number of aryl methyl sites for hydroxylation is 1. The van der Waals surface area contributed by atoms with E-state index in [4.69, 9.17) is 9.15 Å². The molecule has 7 heteroatoms. The number of carbonyl (C=O) groups excluding carboxylic acids is 2. The van der Waals surface area contributed by atoms with Crippen molar-refractivity contribution in [3.63, 3.8) is 0 Å². The Labute approximate surface area is 157 Å². The van der Waals surface area contributed by atoms with Crippen molar-refractivity contribution in [2.24, 2.45) is 0 Å². The van der Waals surface area contributed by atoms with Crippen LogP contribution < -0.4 is 5.32 Å². The van der Waals surface area contributed by atoms with E-state index in [1.54, 1.807) is 17.9 Å². The Morgan fingerprint density at radius 1 is 1.26 bits per heavy atom. The fourth-order valence-electron chi connectivity index (χ4n) is 3.08. The molecule has 1 unspecified atom stereocenters. The van der Waals surface area contributed by atoms with Crippen molar-refractivity contribution in [2.45, 2.75) is 32.3 Å². The number of ether oxygens (including phenoxy) is 1. The predicted molar refractivity (Wildman–Crippen MR) is 98.0 cm³/mol. The van der Waals surface area contributed by atoms with Crippen molar-refractivity contribution in [2.75, 3.05) is 25.0 Å². The molecule has 1 aliphatic heterocycles. The highest BCUT2D eigenvalue weighted by Crippen LogP contribution is 2.18. The molecule has 27 heavy (non-hydrogen) atoms. The number of nitrogens with one attached hydrogen (secondary N) is 1. The first-order valence-corrected chi connectivity index (χ1v) is 9.03. The number of furan rings is 1. The summed E-state index contributed by atoms with van der Waals surface area (Å²) in [6.07, 6.45) is 3.47. The molecule has 0 bridgehead atoms. The van der Waals surface area contributed by atoms with Crippen LogP contribution in [0.25, 0.3) is 0 Å². The van der Waals surface area contributed by atoms with Crippen molar-refractivity contribution in [3.8, 4) is 0 Å². The van der Waals surface area contributed by atoms with Gasteiger partial charge in [0.05, 0.1) is 17.9 Å². The van der Waals surface area contributed by atoms with Crippen LogP contribution >= 0.6 is 0 Å². The van der Waals surface area contributed by atoms with Crippen molar-refractivity contribution in [1.82, 2.24) is 4.90 Å². The monoisotopic (exact) mass is 374 g/mol. The minimum absolute atomic E-state index is 0.0127. The zero-order chi connectivity index (χ0) is 19.2. The number of nitrogens with zero attached hydrogens (tertiary/aromatic N) is 1. The number of hydrogen-bond donors (Lipinski definition) is 1. The first kappa shape index (κ1) is 19.1. The minimum atomic E-state index is -0.364. The van der Waals surface area contributed by atoms with Crippen LogP contribution in [-0.2, 0) is 9.53 Å². The summed E-state index contributed by atoms with van der Waals surface area (Å²) in [6, 6.07) is 7.20. The summed E-state index contributed by atoms with van der Waals surface area (Å²) in [6.45, 7) is 3.13. The molecule has 1 saturated heterocycles. The second-order valence-corrected chi connectivity index (χ2v) is 6.58. The van der Waals surface area contributed by atoms with Crippen molar-refractivity contribution in [3.05, 3.63) is 53.7 Å². The molecule has 2 aromatic rings. The summed E-state index contributed by atoms with van der Waals surface area (Å²) < 4.78 is 23.8. The lowest BCUT2D eigenvalue weighted by Gasteiger charge is -2.25. The van der Waals surface area contributed by atoms with Gasteiger partial charge in [-0.2, -0.15) is 0 Å². The number of hydrogen-bond acceptors (Lipinski definition) is 4. The van der Waals surface area contributed by atoms with Crippen LogP contribution in [0.4, 0.5) is 10.1 Å². The van der Waals surface area contributed by atoms with Gasteiger partial charge >= 0.3 is 0 Å². The highest BCUT2D eigenvalue weighted by atomic mass is 19.1. The zero-order valence-corrected chi connectivity index (χ0v) is 15.2. The molecule has 6 nitrogen and oxygen atoms in total. The number of carbonyl (C=O) groups is 2. The van der Waals surface area contributed by atoms with Gasteiger partial charge in [-0.05, 0) is 50.1 Å². The summed E-state index contributed by atoms with van der Waals surface area (Å²) >= 11 is 0. The summed E-state index contributed by atoms with van der Waals surface area (Å²) in [7, 11) is 0. The normalized spacial score (nSPS) is 16.3. The van der Waals surface area contributed by atoms with Gasteiger partial charge in [0.1, 0.15) is 11.6 Å². The highest BCUT2D eigenvalue weighted by molar-refractivity contribution is 5.96. The van der Waals surface area contributed by atoms with Gasteiger partial charge in [0, 0.05) is 31.8 Å². The lowest BCUT2D eigenvalue weighted by atomic mass is 10.1. The fraction of sp³-hybridized carbons (Fsp3) is 0.400. The molecule has 3 rings (SSSR count). The van der Waals surface area contributed by atoms with Gasteiger partial charge in [-0.15, -0.1) is 0 Å². The largest absolute Gasteiger partial charge is 0.469 e. The average molecular weight is 374 g/mol. The van der Waals surface area contributed by atoms with E-state index in [1.165, 1.54) is 30.5 Å². The van der Waals surface area contributed by atoms with E-state index in [1.807, 2.05) is 0 Å². The molecule has 1 aromatic carbocycles. The predicted octanol–water partition coefficient (Wildman–Crippen LogP) is 3.38. The summed E-state index contributed by atoms with van der Waals surface area (Å²) in [4.78, 5) is 26.7. The van der Waals surface area contributed by atoms with Crippen LogP contribution in [-0.4, -0.2) is 42.5 Å². The standard InChI is InChI=1S/C20H23FN2O4/c1-14-18(9-12-26-14)20(25)23(13-17-3-2-11-27-17)10-8-19(24)22-16-6-4-15(21)5-7-16/h4-7,9,12,17H,2-3,8,10-11,13H2,1H3,(H,22,24). The maximum absolute atomic E-state index is 13.0. The lowest BCUT2D eigenvalue weighted by Crippen LogP contribution is -2.39. The fourth-order valence-corrected chi connectivity index (χ4v) is 3.08. The molecule has 0 aliphatic carbocycles. The summed E-state index contributed by atoms with van der Waals surface area (Å²) in [5.41, 5.74) is 1.01. The van der Waals surface area contributed by atoms with Crippen molar-refractivity contribution in [1.29, 1.82) is 0 Å². The van der Waals surface area contributed by atoms with Gasteiger partial charge < -0.3 is 19.4 Å². The van der Waals surface area contributed by atoms with E-state index in [2.05, 4.69) is 5.32 Å². The molecule has 2 amide bonds. The molecular weight excluding hydrogens is 351 g/mol. The van der Waals surface area contributed by atoms with Crippen LogP contribution in [0.3, 0.4) is 0 Å². The van der Waals surface area contributed by atoms with Gasteiger partial charge in [-0.1, -0.05) is 0 Å². The summed E-state index contributed by atoms with van der Waals surface area (Å²) in [5, 5.41) is 2.71. The number of anilines is 1. The molecule has 0 saturated carbocycles. The maximum atomic E-state index is 13.0. The van der Waals surface area contributed by atoms with Crippen LogP contribution in [0.1, 0.15) is 35.4 Å². The van der Waals surface area contributed by atoms with E-state index in [0.717, 1.165) is 12.8 Å². The lowest BCUT2D eigenvalue weighted by molar-refractivity contribution is -0.116. The van der Waals surface area contributed by atoms with E-state index >= 15 is 0 Å². The topological polar surface area (TPSA) is 71.8 Å². The smallest absolute Gasteiger partial charge is 0.257 e. The third-order valence-electron chi connectivity index (χ3n) is 4.56. The average Bonchev–Trinajstić information content (AvgIpc) is 3.31. The molecular formula is C20H23FN2O4. The van der Waals surface area contributed by atoms with Gasteiger partial charge in [0.15, 0.2) is 0 Å². The number of benzene rings is 1. The summed E-state index contributed by atoms with van der Waals surface area (Å²) in [5.74, 6) is -0.230. The van der Waals surface area contributed by atoms with Gasteiger partial charge in [-0.25, -0.2) is 4.39 Å². The Kier molecular flexibility index (Phi) is 6.24. The molecule has 1 aromatic heterocycles. The SMILES string of the molecule is Cc1occc1C(=O)N(CCC(=O)Nc1ccc(F)cc1)CC1CCCO1. The molecule has 144 valence electrons. The van der Waals surface area contributed by atoms with Crippen LogP contribution in [0.2, 0.25) is 0 Å². The quantitative estimate of drug-likeness (QED) is 0.807. The van der Waals surface area contributed by atoms with Crippen LogP contribution in [0.5, 0.6) is 0 Å². The van der Waals surface area contributed by atoms with E-state index in [0.29, 0.717) is 30.2 Å². The Balaban J connectivity index is 1.61. The molecule has 0 radical (unpaired) electrons. The Bertz CT molecular complexity index is 782. The zero-order valence-electron chi connectivity index (χ0n) is 15.2. The Morgan fingerprint density at radius 3 is 2.67 bits per heavy atom. The third kappa shape index (κ3) is 5.17. The van der Waals surface area contributed by atoms with E-state index in [9.17, 15) is 14.0 Å². The number of rotatable bonds is 7. The molecule has 1 N–H and O–H groups in total. The second-order valence-electron chi connectivity index (χ2n) is 6.58. The molecule has 1 fully saturated rings. The van der Waals surface area contributed by atoms with E-state index < -0.39 is 0 Å². The number of halogens is 1. The van der Waals surface area contributed by atoms with Crippen LogP contribution in [0.15, 0.2) is 41.0 Å². The Morgan fingerprint density at radius 2 is 2.04 bits per heavy atom. The first-order chi connectivity index (χ1) is 13.0. The van der Waals surface area contributed by atoms with Crippen LogP contribution in [0, 0.1) is 12.7 Å². The molecule has 0 spiro atoms. The highest BCUT2D eigenvalue weighted by Gasteiger charge is 2.25. The van der Waals surface area contributed by atoms with Gasteiger partial charge in [-0.3, -0.25) is 9.59 Å². The first-order valence-electron chi connectivity index (χ1n) is 9.03. The van der Waals surface area contributed by atoms with Crippen molar-refractivity contribution >= 4 is 17.5 Å². The molecule has 1 aliphatic rings.